The van der Waals surface area contributed by atoms with Gasteiger partial charge in [0.2, 0.25) is 0 Å². The zero-order chi connectivity index (χ0) is 13.3. The van der Waals surface area contributed by atoms with Gasteiger partial charge in [0.05, 0.1) is 11.5 Å². The summed E-state index contributed by atoms with van der Waals surface area (Å²) in [5, 5.41) is 18.6. The van der Waals surface area contributed by atoms with Crippen LogP contribution in [0, 0.1) is 5.41 Å². The first-order valence-electron chi connectivity index (χ1n) is 6.81. The van der Waals surface area contributed by atoms with E-state index in [4.69, 9.17) is 5.11 Å². The number of carboxylic acids is 1. The van der Waals surface area contributed by atoms with Crippen molar-refractivity contribution >= 4 is 35.5 Å². The van der Waals surface area contributed by atoms with Gasteiger partial charge in [0.1, 0.15) is 0 Å². The Morgan fingerprint density at radius 1 is 1.11 bits per heavy atom. The van der Waals surface area contributed by atoms with Crippen molar-refractivity contribution in [1.29, 1.82) is 0 Å². The molecule has 1 atom stereocenters. The molecule has 0 aromatic rings. The summed E-state index contributed by atoms with van der Waals surface area (Å²) < 4.78 is 0. The number of rotatable bonds is 10. The summed E-state index contributed by atoms with van der Waals surface area (Å²) in [6, 6.07) is 0. The van der Waals surface area contributed by atoms with E-state index in [9.17, 15) is 9.90 Å². The average molecular weight is 267 g/mol. The molecule has 4 heteroatoms. The van der Waals surface area contributed by atoms with Gasteiger partial charge in [-0.05, 0) is 33.1 Å². The molecule has 103 valence electrons. The molecule has 0 aliphatic heterocycles. The van der Waals surface area contributed by atoms with Gasteiger partial charge in [0.15, 0.2) is 0 Å². The minimum atomic E-state index is -0.722. The molecule has 0 saturated carbocycles. The molecule has 0 spiro atoms. The Kier molecular flexibility index (Phi) is 13.0. The number of hydrogen-bond donors (Lipinski definition) is 2. The van der Waals surface area contributed by atoms with E-state index in [0.717, 1.165) is 44.9 Å². The summed E-state index contributed by atoms with van der Waals surface area (Å²) in [5.74, 6) is -0.722. The van der Waals surface area contributed by atoms with Crippen molar-refractivity contribution in [2.75, 3.05) is 0 Å². The molecule has 0 saturated heterocycles. The average Bonchev–Trinajstić information content (AvgIpc) is 2.25. The maximum Gasteiger partial charge on any atom is 0.309 e. The Morgan fingerprint density at radius 2 is 1.67 bits per heavy atom. The molecule has 0 fully saturated rings. The van der Waals surface area contributed by atoms with Crippen LogP contribution in [-0.2, 0) is 4.79 Å². The Balaban J connectivity index is 0. The number of unbranched alkanes of at least 4 members (excludes halogenated alkanes) is 3. The van der Waals surface area contributed by atoms with Gasteiger partial charge in [-0.25, -0.2) is 0 Å². The van der Waals surface area contributed by atoms with Gasteiger partial charge in [-0.15, -0.1) is 0 Å². The van der Waals surface area contributed by atoms with Gasteiger partial charge in [0.25, 0.3) is 0 Å². The summed E-state index contributed by atoms with van der Waals surface area (Å²) in [4.78, 5) is 10.9. The summed E-state index contributed by atoms with van der Waals surface area (Å²) in [6.07, 6.45) is 7.47. The number of carboxylic acid groups (broad SMARTS) is 1. The minimum absolute atomic E-state index is 0. The van der Waals surface area contributed by atoms with Crippen LogP contribution in [0.1, 0.15) is 72.1 Å². The van der Waals surface area contributed by atoms with Crippen LogP contribution in [-0.4, -0.2) is 51.8 Å². The minimum Gasteiger partial charge on any atom is -0.481 e. The van der Waals surface area contributed by atoms with Crippen LogP contribution in [0.5, 0.6) is 0 Å². The van der Waals surface area contributed by atoms with Crippen LogP contribution in [0.15, 0.2) is 0 Å². The fourth-order valence-electron chi connectivity index (χ4n) is 1.81. The summed E-state index contributed by atoms with van der Waals surface area (Å²) >= 11 is 0. The van der Waals surface area contributed by atoms with Crippen LogP contribution in [0.3, 0.4) is 0 Å². The summed E-state index contributed by atoms with van der Waals surface area (Å²) in [6.45, 7) is 5.66. The van der Waals surface area contributed by atoms with Crippen molar-refractivity contribution in [3.05, 3.63) is 0 Å². The molecular formula is C14H28NaO3. The van der Waals surface area contributed by atoms with E-state index in [1.165, 1.54) is 0 Å². The van der Waals surface area contributed by atoms with E-state index in [1.807, 2.05) is 0 Å². The molecular weight excluding hydrogens is 239 g/mol. The van der Waals surface area contributed by atoms with Gasteiger partial charge in [0, 0.05) is 29.6 Å². The molecule has 1 radical (unpaired) electrons. The van der Waals surface area contributed by atoms with Crippen LogP contribution < -0.4 is 0 Å². The fraction of sp³-hybridized carbons (Fsp3) is 0.929. The summed E-state index contributed by atoms with van der Waals surface area (Å²) in [5.41, 5.74) is -0.610. The Morgan fingerprint density at radius 3 is 2.17 bits per heavy atom. The predicted molar refractivity (Wildman–Crippen MR) is 75.8 cm³/mol. The number of aliphatic hydroxyl groups excluding tert-OH is 1. The van der Waals surface area contributed by atoms with Gasteiger partial charge in [-0.1, -0.05) is 39.0 Å². The molecule has 1 unspecified atom stereocenters. The quantitative estimate of drug-likeness (QED) is 0.472. The molecule has 0 aliphatic rings. The fourth-order valence-corrected chi connectivity index (χ4v) is 1.81. The maximum absolute atomic E-state index is 10.9. The van der Waals surface area contributed by atoms with Gasteiger partial charge >= 0.3 is 5.97 Å². The largest absolute Gasteiger partial charge is 0.481 e. The molecule has 0 bridgehead atoms. The van der Waals surface area contributed by atoms with Crippen LogP contribution in [0.2, 0.25) is 0 Å². The van der Waals surface area contributed by atoms with Crippen LogP contribution in [0.25, 0.3) is 0 Å². The van der Waals surface area contributed by atoms with Crippen molar-refractivity contribution in [2.24, 2.45) is 5.41 Å². The second-order valence-electron chi connectivity index (χ2n) is 5.58. The predicted octanol–water partition coefficient (Wildman–Crippen LogP) is 3.22. The van der Waals surface area contributed by atoms with E-state index in [2.05, 4.69) is 6.92 Å². The van der Waals surface area contributed by atoms with E-state index in [0.29, 0.717) is 6.42 Å². The van der Waals surface area contributed by atoms with Gasteiger partial charge in [-0.3, -0.25) is 4.79 Å². The normalized spacial score (nSPS) is 12.9. The second-order valence-corrected chi connectivity index (χ2v) is 5.58. The van der Waals surface area contributed by atoms with Crippen molar-refractivity contribution in [2.45, 2.75) is 78.2 Å². The van der Waals surface area contributed by atoms with E-state index in [1.54, 1.807) is 13.8 Å². The summed E-state index contributed by atoms with van der Waals surface area (Å²) in [7, 11) is 0. The first-order chi connectivity index (χ1) is 7.90. The van der Waals surface area contributed by atoms with E-state index < -0.39 is 11.4 Å². The first-order valence-corrected chi connectivity index (χ1v) is 6.81. The zero-order valence-electron chi connectivity index (χ0n) is 12.5. The smallest absolute Gasteiger partial charge is 0.309 e. The Hall–Kier alpha value is 0.430. The van der Waals surface area contributed by atoms with Crippen molar-refractivity contribution < 1.29 is 15.0 Å². The third-order valence-corrected chi connectivity index (χ3v) is 3.31. The van der Waals surface area contributed by atoms with E-state index in [-0.39, 0.29) is 35.7 Å². The van der Waals surface area contributed by atoms with Gasteiger partial charge < -0.3 is 10.2 Å². The van der Waals surface area contributed by atoms with Gasteiger partial charge in [-0.2, -0.15) is 0 Å². The molecule has 18 heavy (non-hydrogen) atoms. The number of aliphatic carboxylic acids is 1. The topological polar surface area (TPSA) is 57.5 Å². The van der Waals surface area contributed by atoms with E-state index >= 15 is 0 Å². The first kappa shape index (κ1) is 20.7. The number of hydrogen-bond acceptors (Lipinski definition) is 2. The molecule has 3 nitrogen and oxygen atoms in total. The van der Waals surface area contributed by atoms with Crippen LogP contribution in [0.4, 0.5) is 0 Å². The number of carbonyl (C=O) groups is 1. The Bertz CT molecular complexity index is 217. The van der Waals surface area contributed by atoms with Crippen LogP contribution >= 0.6 is 0 Å². The molecule has 0 aromatic heterocycles. The monoisotopic (exact) mass is 267 g/mol. The molecule has 0 rings (SSSR count). The zero-order valence-corrected chi connectivity index (χ0v) is 14.5. The third-order valence-electron chi connectivity index (χ3n) is 3.31. The Labute approximate surface area is 134 Å². The van der Waals surface area contributed by atoms with Crippen molar-refractivity contribution in [1.82, 2.24) is 0 Å². The van der Waals surface area contributed by atoms with Crippen molar-refractivity contribution in [3.63, 3.8) is 0 Å². The molecule has 0 heterocycles. The maximum atomic E-state index is 10.9. The van der Waals surface area contributed by atoms with Crippen molar-refractivity contribution in [3.8, 4) is 0 Å². The molecule has 0 aromatic carbocycles. The second kappa shape index (κ2) is 11.3. The third kappa shape index (κ3) is 10.4. The SMILES string of the molecule is CCCCC(O)CCCCCC(C)(C)C(=O)O.[Na]. The molecule has 2 N–H and O–H groups in total. The molecule has 0 amide bonds. The standard InChI is InChI=1S/C14H28O3.Na/c1-4-5-9-12(15)10-7-6-8-11-14(2,3)13(16)17;/h12,15H,4-11H2,1-3H3,(H,16,17);. The molecule has 0 aliphatic carbocycles. The number of aliphatic hydroxyl groups is 1.